The fraction of sp³-hybridized carbons (Fsp3) is 0.500. The van der Waals surface area contributed by atoms with Gasteiger partial charge in [0.2, 0.25) is 5.91 Å². The zero-order chi connectivity index (χ0) is 19.7. The monoisotopic (exact) mass is 398 g/mol. The molecule has 1 aliphatic carbocycles. The number of anilines is 1. The standard InChI is InChI=1S/C22H27ClN4O/c1-16-15-20(25-17(2)24-16)26-11-13-27(14-12-26)21(28)22(9-3-4-10-22)18-5-7-19(23)8-6-18/h5-8,15H,3-4,9-14H2,1-2H3. The van der Waals surface area contributed by atoms with E-state index < -0.39 is 0 Å². The summed E-state index contributed by atoms with van der Waals surface area (Å²) in [6, 6.07) is 9.91. The van der Waals surface area contributed by atoms with Crippen LogP contribution >= 0.6 is 11.6 Å². The largest absolute Gasteiger partial charge is 0.353 e. The molecule has 4 rings (SSSR count). The molecule has 6 heteroatoms. The molecule has 2 heterocycles. The van der Waals surface area contributed by atoms with Crippen LogP contribution in [0.15, 0.2) is 30.3 Å². The van der Waals surface area contributed by atoms with Crippen LogP contribution in [-0.4, -0.2) is 47.0 Å². The topological polar surface area (TPSA) is 49.3 Å². The second kappa shape index (κ2) is 7.70. The molecule has 0 bridgehead atoms. The van der Waals surface area contributed by atoms with Gasteiger partial charge >= 0.3 is 0 Å². The lowest BCUT2D eigenvalue weighted by Gasteiger charge is -2.40. The highest BCUT2D eigenvalue weighted by Crippen LogP contribution is 2.43. The zero-order valence-corrected chi connectivity index (χ0v) is 17.4. The predicted octanol–water partition coefficient (Wildman–Crippen LogP) is 3.91. The molecular formula is C22H27ClN4O. The van der Waals surface area contributed by atoms with E-state index in [9.17, 15) is 4.79 Å². The number of piperazine rings is 1. The summed E-state index contributed by atoms with van der Waals surface area (Å²) in [5.41, 5.74) is 1.71. The molecule has 2 fully saturated rings. The third-order valence-corrected chi connectivity index (χ3v) is 6.36. The molecule has 1 aliphatic heterocycles. The number of aromatic nitrogens is 2. The quantitative estimate of drug-likeness (QED) is 0.786. The van der Waals surface area contributed by atoms with Crippen molar-refractivity contribution < 1.29 is 4.79 Å². The summed E-state index contributed by atoms with van der Waals surface area (Å²) in [7, 11) is 0. The van der Waals surface area contributed by atoms with Gasteiger partial charge in [-0.1, -0.05) is 36.6 Å². The minimum absolute atomic E-state index is 0.280. The van der Waals surface area contributed by atoms with Gasteiger partial charge in [0, 0.05) is 43.0 Å². The number of carbonyl (C=O) groups excluding carboxylic acids is 1. The second-order valence-electron chi connectivity index (χ2n) is 7.99. The molecule has 0 unspecified atom stereocenters. The molecule has 1 aromatic carbocycles. The molecule has 2 aliphatic rings. The molecule has 1 aromatic heterocycles. The van der Waals surface area contributed by atoms with Crippen LogP contribution in [0.2, 0.25) is 5.02 Å². The average Bonchev–Trinajstić information content (AvgIpc) is 3.18. The molecule has 5 nitrogen and oxygen atoms in total. The van der Waals surface area contributed by atoms with Gasteiger partial charge in [-0.05, 0) is 44.4 Å². The van der Waals surface area contributed by atoms with Gasteiger partial charge in [-0.3, -0.25) is 4.79 Å². The highest BCUT2D eigenvalue weighted by Gasteiger charge is 2.45. The van der Waals surface area contributed by atoms with Crippen molar-refractivity contribution >= 4 is 23.3 Å². The van der Waals surface area contributed by atoms with E-state index in [-0.39, 0.29) is 11.3 Å². The maximum absolute atomic E-state index is 13.6. The number of hydrogen-bond donors (Lipinski definition) is 0. The van der Waals surface area contributed by atoms with E-state index in [0.29, 0.717) is 5.02 Å². The number of benzene rings is 1. The second-order valence-corrected chi connectivity index (χ2v) is 8.43. The van der Waals surface area contributed by atoms with Gasteiger partial charge < -0.3 is 9.80 Å². The first-order chi connectivity index (χ1) is 13.5. The van der Waals surface area contributed by atoms with E-state index in [1.54, 1.807) is 0 Å². The van der Waals surface area contributed by atoms with Crippen molar-refractivity contribution in [3.63, 3.8) is 0 Å². The lowest BCUT2D eigenvalue weighted by molar-refractivity contribution is -0.137. The Morgan fingerprint density at radius 3 is 2.25 bits per heavy atom. The lowest BCUT2D eigenvalue weighted by atomic mass is 9.77. The van der Waals surface area contributed by atoms with E-state index >= 15 is 0 Å². The third-order valence-electron chi connectivity index (χ3n) is 6.11. The first kappa shape index (κ1) is 19.2. The first-order valence-electron chi connectivity index (χ1n) is 10.1. The van der Waals surface area contributed by atoms with Crippen LogP contribution in [0.4, 0.5) is 5.82 Å². The van der Waals surface area contributed by atoms with Crippen molar-refractivity contribution in [1.29, 1.82) is 0 Å². The summed E-state index contributed by atoms with van der Waals surface area (Å²) < 4.78 is 0. The number of carbonyl (C=O) groups is 1. The molecule has 1 saturated carbocycles. The van der Waals surface area contributed by atoms with Gasteiger partial charge in [0.15, 0.2) is 0 Å². The average molecular weight is 399 g/mol. The fourth-order valence-electron chi connectivity index (χ4n) is 4.67. The molecule has 0 spiro atoms. The number of nitrogens with zero attached hydrogens (tertiary/aromatic N) is 4. The highest BCUT2D eigenvalue weighted by molar-refractivity contribution is 6.30. The Balaban J connectivity index is 1.50. The van der Waals surface area contributed by atoms with Crippen LogP contribution < -0.4 is 4.90 Å². The van der Waals surface area contributed by atoms with E-state index in [0.717, 1.165) is 74.8 Å². The van der Waals surface area contributed by atoms with Crippen molar-refractivity contribution in [1.82, 2.24) is 14.9 Å². The number of rotatable bonds is 3. The Kier molecular flexibility index (Phi) is 5.28. The minimum atomic E-state index is -0.380. The lowest BCUT2D eigenvalue weighted by Crippen LogP contribution is -2.54. The highest BCUT2D eigenvalue weighted by atomic mass is 35.5. The Labute approximate surface area is 171 Å². The SMILES string of the molecule is Cc1cc(N2CCN(C(=O)C3(c4ccc(Cl)cc4)CCCC3)CC2)nc(C)n1. The molecule has 2 aromatic rings. The van der Waals surface area contributed by atoms with E-state index in [1.165, 1.54) is 0 Å². The molecule has 0 atom stereocenters. The van der Waals surface area contributed by atoms with Gasteiger partial charge in [-0.2, -0.15) is 0 Å². The van der Waals surface area contributed by atoms with Gasteiger partial charge in [0.05, 0.1) is 5.41 Å². The summed E-state index contributed by atoms with van der Waals surface area (Å²) in [4.78, 5) is 26.9. The van der Waals surface area contributed by atoms with Crippen molar-refractivity contribution in [2.45, 2.75) is 44.9 Å². The number of halogens is 1. The maximum atomic E-state index is 13.6. The third kappa shape index (κ3) is 3.60. The summed E-state index contributed by atoms with van der Waals surface area (Å²) in [6.07, 6.45) is 4.07. The predicted molar refractivity (Wildman–Crippen MR) is 112 cm³/mol. The van der Waals surface area contributed by atoms with Crippen LogP contribution in [0.25, 0.3) is 0 Å². The Morgan fingerprint density at radius 1 is 1.00 bits per heavy atom. The van der Waals surface area contributed by atoms with Gasteiger partial charge in [-0.25, -0.2) is 9.97 Å². The van der Waals surface area contributed by atoms with Gasteiger partial charge in [0.25, 0.3) is 0 Å². The van der Waals surface area contributed by atoms with Crippen LogP contribution in [0.1, 0.15) is 42.8 Å². The van der Waals surface area contributed by atoms with E-state index in [4.69, 9.17) is 11.6 Å². The molecule has 1 saturated heterocycles. The van der Waals surface area contributed by atoms with Crippen LogP contribution in [-0.2, 0) is 10.2 Å². The Morgan fingerprint density at radius 2 is 1.64 bits per heavy atom. The summed E-state index contributed by atoms with van der Waals surface area (Å²) >= 11 is 6.08. The van der Waals surface area contributed by atoms with Crippen LogP contribution in [0, 0.1) is 13.8 Å². The van der Waals surface area contributed by atoms with Gasteiger partial charge in [-0.15, -0.1) is 0 Å². The van der Waals surface area contributed by atoms with Crippen molar-refractivity contribution in [3.05, 3.63) is 52.4 Å². The Hall–Kier alpha value is -2.14. The molecular weight excluding hydrogens is 372 g/mol. The van der Waals surface area contributed by atoms with Crippen LogP contribution in [0.3, 0.4) is 0 Å². The van der Waals surface area contributed by atoms with Crippen LogP contribution in [0.5, 0.6) is 0 Å². The van der Waals surface area contributed by atoms with Gasteiger partial charge in [0.1, 0.15) is 11.6 Å². The fourth-order valence-corrected chi connectivity index (χ4v) is 4.80. The zero-order valence-electron chi connectivity index (χ0n) is 16.6. The van der Waals surface area contributed by atoms with Crippen molar-refractivity contribution in [2.75, 3.05) is 31.1 Å². The van der Waals surface area contributed by atoms with Crippen molar-refractivity contribution in [2.24, 2.45) is 0 Å². The summed E-state index contributed by atoms with van der Waals surface area (Å²) in [5.74, 6) is 2.04. The van der Waals surface area contributed by atoms with E-state index in [1.807, 2.05) is 44.2 Å². The first-order valence-corrected chi connectivity index (χ1v) is 10.5. The smallest absolute Gasteiger partial charge is 0.233 e. The normalized spacial score (nSPS) is 19.1. The Bertz CT molecular complexity index is 833. The summed E-state index contributed by atoms with van der Waals surface area (Å²) in [6.45, 7) is 6.99. The van der Waals surface area contributed by atoms with E-state index in [2.05, 4.69) is 19.8 Å². The molecule has 0 radical (unpaired) electrons. The minimum Gasteiger partial charge on any atom is -0.353 e. The molecule has 148 valence electrons. The molecule has 28 heavy (non-hydrogen) atoms. The number of aryl methyl sites for hydroxylation is 2. The van der Waals surface area contributed by atoms with Crippen molar-refractivity contribution in [3.8, 4) is 0 Å². The molecule has 1 amide bonds. The summed E-state index contributed by atoms with van der Waals surface area (Å²) in [5, 5.41) is 0.716. The number of hydrogen-bond acceptors (Lipinski definition) is 4. The molecule has 0 N–H and O–H groups in total. The maximum Gasteiger partial charge on any atom is 0.233 e. The number of amides is 1.